The van der Waals surface area contributed by atoms with Crippen LogP contribution in [0.15, 0.2) is 77.3 Å². The van der Waals surface area contributed by atoms with Crippen LogP contribution in [0.1, 0.15) is 16.2 Å². The van der Waals surface area contributed by atoms with Gasteiger partial charge in [-0.05, 0) is 48.5 Å². The van der Waals surface area contributed by atoms with E-state index in [1.54, 1.807) is 18.2 Å². The Balaban J connectivity index is 1.49. The lowest BCUT2D eigenvalue weighted by Gasteiger charge is -2.12. The molecule has 0 saturated carbocycles. The van der Waals surface area contributed by atoms with Crippen LogP contribution in [0.3, 0.4) is 0 Å². The number of carbonyl (C=O) groups is 1. The second kappa shape index (κ2) is 9.32. The van der Waals surface area contributed by atoms with Crippen LogP contribution in [0, 0.1) is 0 Å². The van der Waals surface area contributed by atoms with E-state index in [1.807, 2.05) is 54.6 Å². The molecule has 1 heterocycles. The molecule has 0 radical (unpaired) electrons. The van der Waals surface area contributed by atoms with E-state index in [0.717, 1.165) is 21.3 Å². The van der Waals surface area contributed by atoms with Crippen molar-refractivity contribution in [1.82, 2.24) is 14.9 Å². The number of hydrogen-bond donors (Lipinski definition) is 1. The molecular formula is C23H19BrClN3O2. The molecule has 0 atom stereocenters. The number of fused-ring (bicyclic) bond motifs is 1. The van der Waals surface area contributed by atoms with Gasteiger partial charge in [-0.3, -0.25) is 4.79 Å². The van der Waals surface area contributed by atoms with Crippen LogP contribution in [-0.2, 0) is 13.1 Å². The number of nitrogens with zero attached hydrogens (tertiary/aromatic N) is 2. The second-order valence-corrected chi connectivity index (χ2v) is 7.96. The first-order chi connectivity index (χ1) is 14.6. The zero-order chi connectivity index (χ0) is 20.9. The largest absolute Gasteiger partial charge is 0.490 e. The maximum Gasteiger partial charge on any atom is 0.251 e. The van der Waals surface area contributed by atoms with E-state index in [-0.39, 0.29) is 5.91 Å². The Kier molecular flexibility index (Phi) is 6.35. The predicted molar refractivity (Wildman–Crippen MR) is 122 cm³/mol. The Hall–Kier alpha value is -2.83. The van der Waals surface area contributed by atoms with Crippen molar-refractivity contribution in [2.24, 2.45) is 0 Å². The molecule has 152 valence electrons. The molecule has 4 rings (SSSR count). The molecule has 7 heteroatoms. The fourth-order valence-electron chi connectivity index (χ4n) is 3.18. The third-order valence-corrected chi connectivity index (χ3v) is 5.50. The number of ether oxygens (including phenoxy) is 1. The molecule has 0 spiro atoms. The normalized spacial score (nSPS) is 10.9. The van der Waals surface area contributed by atoms with Gasteiger partial charge < -0.3 is 14.6 Å². The smallest absolute Gasteiger partial charge is 0.251 e. The number of imidazole rings is 1. The fraction of sp³-hybridized carbons (Fsp3) is 0.130. The monoisotopic (exact) mass is 483 g/mol. The van der Waals surface area contributed by atoms with E-state index < -0.39 is 0 Å². The Morgan fingerprint density at radius 2 is 1.77 bits per heavy atom. The predicted octanol–water partition coefficient (Wildman–Crippen LogP) is 5.46. The van der Waals surface area contributed by atoms with E-state index in [4.69, 9.17) is 21.3 Å². The third kappa shape index (κ3) is 4.66. The molecule has 0 saturated heterocycles. The lowest BCUT2D eigenvalue weighted by Crippen LogP contribution is -2.25. The van der Waals surface area contributed by atoms with E-state index in [0.29, 0.717) is 36.0 Å². The highest BCUT2D eigenvalue weighted by atomic mass is 79.9. The van der Waals surface area contributed by atoms with Gasteiger partial charge in [-0.15, -0.1) is 0 Å². The molecule has 0 aliphatic carbocycles. The summed E-state index contributed by atoms with van der Waals surface area (Å²) in [5.74, 6) is 1.27. The van der Waals surface area contributed by atoms with Gasteiger partial charge >= 0.3 is 0 Å². The van der Waals surface area contributed by atoms with Crippen molar-refractivity contribution in [3.63, 3.8) is 0 Å². The molecule has 0 fully saturated rings. The van der Waals surface area contributed by atoms with Crippen LogP contribution >= 0.6 is 27.5 Å². The number of nitrogens with one attached hydrogen (secondary N) is 1. The standard InChI is InChI=1S/C23H19BrClN3O2/c24-17-11-9-16(10-12-17)23(29)26-15-22-27-19-6-2-3-7-20(19)28(22)13-14-30-21-8-4-1-5-18(21)25/h1-12H,13-15H2,(H,26,29). The summed E-state index contributed by atoms with van der Waals surface area (Å²) >= 11 is 9.55. The van der Waals surface area contributed by atoms with Crippen LogP contribution in [0.2, 0.25) is 5.02 Å². The highest BCUT2D eigenvalue weighted by Crippen LogP contribution is 2.23. The number of halogens is 2. The van der Waals surface area contributed by atoms with Crippen molar-refractivity contribution >= 4 is 44.5 Å². The number of benzene rings is 3. The zero-order valence-electron chi connectivity index (χ0n) is 16.0. The Morgan fingerprint density at radius 1 is 1.03 bits per heavy atom. The summed E-state index contributed by atoms with van der Waals surface area (Å²) in [7, 11) is 0. The zero-order valence-corrected chi connectivity index (χ0v) is 18.4. The Labute approximate surface area is 187 Å². The number of carbonyl (C=O) groups excluding carboxylic acids is 1. The molecule has 30 heavy (non-hydrogen) atoms. The summed E-state index contributed by atoms with van der Waals surface area (Å²) in [5.41, 5.74) is 2.47. The van der Waals surface area contributed by atoms with Gasteiger partial charge in [0.15, 0.2) is 0 Å². The summed E-state index contributed by atoms with van der Waals surface area (Å²) in [4.78, 5) is 17.2. The van der Waals surface area contributed by atoms with E-state index >= 15 is 0 Å². The van der Waals surface area contributed by atoms with Gasteiger partial charge in [-0.25, -0.2) is 4.98 Å². The van der Waals surface area contributed by atoms with Gasteiger partial charge in [0.1, 0.15) is 18.2 Å². The lowest BCUT2D eigenvalue weighted by atomic mass is 10.2. The number of para-hydroxylation sites is 3. The minimum Gasteiger partial charge on any atom is -0.490 e. The summed E-state index contributed by atoms with van der Waals surface area (Å²) in [6.45, 7) is 1.32. The highest BCUT2D eigenvalue weighted by Gasteiger charge is 2.13. The Morgan fingerprint density at radius 3 is 2.57 bits per heavy atom. The molecule has 1 N–H and O–H groups in total. The van der Waals surface area contributed by atoms with Crippen molar-refractivity contribution in [3.8, 4) is 5.75 Å². The maximum absolute atomic E-state index is 12.5. The average molecular weight is 485 g/mol. The van der Waals surface area contributed by atoms with Crippen molar-refractivity contribution in [3.05, 3.63) is 93.7 Å². The van der Waals surface area contributed by atoms with E-state index in [9.17, 15) is 4.79 Å². The maximum atomic E-state index is 12.5. The summed E-state index contributed by atoms with van der Waals surface area (Å²) in [6, 6.07) is 22.5. The van der Waals surface area contributed by atoms with Gasteiger partial charge in [0, 0.05) is 10.0 Å². The van der Waals surface area contributed by atoms with Gasteiger partial charge in [0.05, 0.1) is 29.1 Å². The summed E-state index contributed by atoms with van der Waals surface area (Å²) in [5, 5.41) is 3.53. The molecule has 0 aliphatic rings. The average Bonchev–Trinajstić information content (AvgIpc) is 3.11. The molecule has 4 aromatic rings. The van der Waals surface area contributed by atoms with E-state index in [2.05, 4.69) is 25.8 Å². The molecule has 0 unspecified atom stereocenters. The van der Waals surface area contributed by atoms with Crippen LogP contribution in [-0.4, -0.2) is 22.1 Å². The first kappa shape index (κ1) is 20.4. The van der Waals surface area contributed by atoms with Crippen molar-refractivity contribution in [1.29, 1.82) is 0 Å². The van der Waals surface area contributed by atoms with Gasteiger partial charge in [-0.1, -0.05) is 51.8 Å². The summed E-state index contributed by atoms with van der Waals surface area (Å²) < 4.78 is 8.84. The molecular weight excluding hydrogens is 466 g/mol. The number of aromatic nitrogens is 2. The topological polar surface area (TPSA) is 56.2 Å². The number of amides is 1. The molecule has 1 aromatic heterocycles. The molecule has 0 bridgehead atoms. The van der Waals surface area contributed by atoms with Crippen LogP contribution in [0.5, 0.6) is 5.75 Å². The van der Waals surface area contributed by atoms with Crippen molar-refractivity contribution in [2.45, 2.75) is 13.1 Å². The SMILES string of the molecule is O=C(NCc1nc2ccccc2n1CCOc1ccccc1Cl)c1ccc(Br)cc1. The number of hydrogen-bond acceptors (Lipinski definition) is 3. The minimum absolute atomic E-state index is 0.145. The fourth-order valence-corrected chi connectivity index (χ4v) is 3.64. The second-order valence-electron chi connectivity index (χ2n) is 6.64. The van der Waals surface area contributed by atoms with Crippen molar-refractivity contribution < 1.29 is 9.53 Å². The van der Waals surface area contributed by atoms with Crippen molar-refractivity contribution in [2.75, 3.05) is 6.61 Å². The molecule has 0 aliphatic heterocycles. The lowest BCUT2D eigenvalue weighted by molar-refractivity contribution is 0.0949. The van der Waals surface area contributed by atoms with Gasteiger partial charge in [0.25, 0.3) is 5.91 Å². The Bertz CT molecular complexity index is 1170. The number of rotatable bonds is 7. The third-order valence-electron chi connectivity index (χ3n) is 4.66. The first-order valence-electron chi connectivity index (χ1n) is 9.47. The van der Waals surface area contributed by atoms with Crippen LogP contribution < -0.4 is 10.1 Å². The van der Waals surface area contributed by atoms with Crippen LogP contribution in [0.25, 0.3) is 11.0 Å². The van der Waals surface area contributed by atoms with Gasteiger partial charge in [-0.2, -0.15) is 0 Å². The quantitative estimate of drug-likeness (QED) is 0.379. The molecule has 5 nitrogen and oxygen atoms in total. The van der Waals surface area contributed by atoms with Crippen LogP contribution in [0.4, 0.5) is 0 Å². The summed E-state index contributed by atoms with van der Waals surface area (Å²) in [6.07, 6.45) is 0. The first-order valence-corrected chi connectivity index (χ1v) is 10.6. The van der Waals surface area contributed by atoms with E-state index in [1.165, 1.54) is 0 Å². The molecule has 3 aromatic carbocycles. The van der Waals surface area contributed by atoms with Gasteiger partial charge in [0.2, 0.25) is 0 Å². The minimum atomic E-state index is -0.145. The molecule has 1 amide bonds. The highest BCUT2D eigenvalue weighted by molar-refractivity contribution is 9.10.